The smallest absolute Gasteiger partial charge is 0.0794 e. The minimum atomic E-state index is 0.377. The predicted octanol–water partition coefficient (Wildman–Crippen LogP) is 3.30. The van der Waals surface area contributed by atoms with Gasteiger partial charge in [0.2, 0.25) is 0 Å². The van der Waals surface area contributed by atoms with Crippen molar-refractivity contribution in [2.45, 2.75) is 26.4 Å². The molecule has 0 saturated carbocycles. The minimum Gasteiger partial charge on any atom is -0.305 e. The molecule has 2 nitrogen and oxygen atoms in total. The average molecular weight is 232 g/mol. The molecule has 0 spiro atoms. The maximum atomic E-state index is 4.06. The summed E-state index contributed by atoms with van der Waals surface area (Å²) in [7, 11) is 0. The third kappa shape index (κ3) is 2.90. The van der Waals surface area contributed by atoms with Crippen molar-refractivity contribution >= 4 is 11.3 Å². The highest BCUT2D eigenvalue weighted by molar-refractivity contribution is 7.09. The van der Waals surface area contributed by atoms with Gasteiger partial charge in [0.25, 0.3) is 0 Å². The van der Waals surface area contributed by atoms with Crippen molar-refractivity contribution < 1.29 is 0 Å². The second-order valence-corrected chi connectivity index (χ2v) is 4.95. The van der Waals surface area contributed by atoms with E-state index in [1.54, 1.807) is 11.3 Å². The van der Waals surface area contributed by atoms with Crippen LogP contribution in [0.15, 0.2) is 36.0 Å². The number of benzene rings is 1. The molecular formula is C13H16N2S. The molecule has 1 atom stereocenters. The highest BCUT2D eigenvalue weighted by atomic mass is 32.1. The monoisotopic (exact) mass is 232 g/mol. The van der Waals surface area contributed by atoms with Crippen LogP contribution in [-0.4, -0.2) is 4.98 Å². The maximum Gasteiger partial charge on any atom is 0.0794 e. The average Bonchev–Trinajstić information content (AvgIpc) is 2.80. The van der Waals surface area contributed by atoms with E-state index >= 15 is 0 Å². The molecule has 84 valence electrons. The highest BCUT2D eigenvalue weighted by Gasteiger charge is 2.04. The molecule has 0 aliphatic heterocycles. The summed E-state index contributed by atoms with van der Waals surface area (Å²) in [6.07, 6.45) is 1.92. The van der Waals surface area contributed by atoms with Gasteiger partial charge < -0.3 is 5.32 Å². The van der Waals surface area contributed by atoms with Crippen LogP contribution in [0.2, 0.25) is 0 Å². The number of hydrogen-bond acceptors (Lipinski definition) is 3. The standard InChI is InChI=1S/C13H16N2S/c1-10-3-5-12(6-4-10)11(2)15-8-13-7-14-9-16-13/h3-7,9,11,15H,8H2,1-2H3/t11-/m0/s1. The van der Waals surface area contributed by atoms with Crippen molar-refractivity contribution in [3.63, 3.8) is 0 Å². The maximum absolute atomic E-state index is 4.06. The molecule has 0 aliphatic carbocycles. The van der Waals surface area contributed by atoms with E-state index in [-0.39, 0.29) is 0 Å². The Balaban J connectivity index is 1.93. The van der Waals surface area contributed by atoms with Gasteiger partial charge >= 0.3 is 0 Å². The predicted molar refractivity (Wildman–Crippen MR) is 68.5 cm³/mol. The Hall–Kier alpha value is -1.19. The van der Waals surface area contributed by atoms with E-state index in [1.165, 1.54) is 16.0 Å². The topological polar surface area (TPSA) is 24.9 Å². The quantitative estimate of drug-likeness (QED) is 0.875. The molecule has 0 amide bonds. The van der Waals surface area contributed by atoms with E-state index in [1.807, 2.05) is 11.7 Å². The van der Waals surface area contributed by atoms with E-state index in [2.05, 4.69) is 48.4 Å². The number of rotatable bonds is 4. The van der Waals surface area contributed by atoms with Crippen LogP contribution in [0, 0.1) is 6.92 Å². The first kappa shape index (κ1) is 11.3. The molecule has 0 unspecified atom stereocenters. The van der Waals surface area contributed by atoms with Gasteiger partial charge in [-0.25, -0.2) is 0 Å². The van der Waals surface area contributed by atoms with Crippen LogP contribution < -0.4 is 5.32 Å². The van der Waals surface area contributed by atoms with Gasteiger partial charge in [0, 0.05) is 23.7 Å². The first-order valence-electron chi connectivity index (χ1n) is 5.43. The molecule has 1 heterocycles. The Bertz CT molecular complexity index is 420. The fraction of sp³-hybridized carbons (Fsp3) is 0.308. The molecule has 0 radical (unpaired) electrons. The van der Waals surface area contributed by atoms with Gasteiger partial charge in [-0.3, -0.25) is 4.98 Å². The summed E-state index contributed by atoms with van der Waals surface area (Å²) in [4.78, 5) is 5.34. The fourth-order valence-electron chi connectivity index (χ4n) is 1.56. The lowest BCUT2D eigenvalue weighted by molar-refractivity contribution is 0.578. The Morgan fingerprint density at radius 2 is 2.06 bits per heavy atom. The van der Waals surface area contributed by atoms with Crippen molar-refractivity contribution in [3.05, 3.63) is 52.0 Å². The first-order valence-corrected chi connectivity index (χ1v) is 6.31. The van der Waals surface area contributed by atoms with Gasteiger partial charge in [-0.15, -0.1) is 11.3 Å². The third-order valence-electron chi connectivity index (χ3n) is 2.64. The largest absolute Gasteiger partial charge is 0.305 e. The Morgan fingerprint density at radius 3 is 2.69 bits per heavy atom. The van der Waals surface area contributed by atoms with Crippen molar-refractivity contribution in [2.24, 2.45) is 0 Å². The molecule has 2 aromatic rings. The molecule has 1 aromatic heterocycles. The number of nitrogens with zero attached hydrogens (tertiary/aromatic N) is 1. The van der Waals surface area contributed by atoms with Crippen LogP contribution >= 0.6 is 11.3 Å². The molecule has 0 fully saturated rings. The number of aromatic nitrogens is 1. The Morgan fingerprint density at radius 1 is 1.31 bits per heavy atom. The van der Waals surface area contributed by atoms with Crippen LogP contribution in [0.3, 0.4) is 0 Å². The molecule has 3 heteroatoms. The molecule has 0 saturated heterocycles. The molecule has 1 aromatic carbocycles. The van der Waals surface area contributed by atoms with Gasteiger partial charge in [0.1, 0.15) is 0 Å². The number of hydrogen-bond donors (Lipinski definition) is 1. The number of nitrogens with one attached hydrogen (secondary N) is 1. The second kappa shape index (κ2) is 5.23. The zero-order chi connectivity index (χ0) is 11.4. The highest BCUT2D eigenvalue weighted by Crippen LogP contribution is 2.14. The third-order valence-corrected chi connectivity index (χ3v) is 3.42. The molecule has 0 aliphatic rings. The van der Waals surface area contributed by atoms with E-state index < -0.39 is 0 Å². The van der Waals surface area contributed by atoms with Gasteiger partial charge in [-0.2, -0.15) is 0 Å². The molecule has 2 rings (SSSR count). The van der Waals surface area contributed by atoms with E-state index in [9.17, 15) is 0 Å². The summed E-state index contributed by atoms with van der Waals surface area (Å²) in [6.45, 7) is 5.19. The number of aryl methyl sites for hydroxylation is 1. The summed E-state index contributed by atoms with van der Waals surface area (Å²) in [5, 5.41) is 3.49. The lowest BCUT2D eigenvalue weighted by Gasteiger charge is -2.13. The van der Waals surface area contributed by atoms with Crippen molar-refractivity contribution in [1.29, 1.82) is 0 Å². The lowest BCUT2D eigenvalue weighted by atomic mass is 10.1. The summed E-state index contributed by atoms with van der Waals surface area (Å²) in [5.74, 6) is 0. The Labute approximate surface area is 100 Å². The van der Waals surface area contributed by atoms with Gasteiger partial charge in [0.05, 0.1) is 5.51 Å². The van der Waals surface area contributed by atoms with Crippen molar-refractivity contribution in [3.8, 4) is 0 Å². The first-order chi connectivity index (χ1) is 7.75. The van der Waals surface area contributed by atoms with Crippen LogP contribution in [0.5, 0.6) is 0 Å². The summed E-state index contributed by atoms with van der Waals surface area (Å²) < 4.78 is 0. The molecule has 16 heavy (non-hydrogen) atoms. The minimum absolute atomic E-state index is 0.377. The summed E-state index contributed by atoms with van der Waals surface area (Å²) >= 11 is 1.69. The molecule has 1 N–H and O–H groups in total. The zero-order valence-corrected chi connectivity index (χ0v) is 10.4. The second-order valence-electron chi connectivity index (χ2n) is 3.98. The van der Waals surface area contributed by atoms with Crippen LogP contribution in [-0.2, 0) is 6.54 Å². The van der Waals surface area contributed by atoms with Crippen LogP contribution in [0.1, 0.15) is 29.0 Å². The van der Waals surface area contributed by atoms with Gasteiger partial charge in [-0.05, 0) is 19.4 Å². The van der Waals surface area contributed by atoms with Crippen molar-refractivity contribution in [1.82, 2.24) is 10.3 Å². The van der Waals surface area contributed by atoms with E-state index in [4.69, 9.17) is 0 Å². The molecule has 0 bridgehead atoms. The fourth-order valence-corrected chi connectivity index (χ4v) is 2.10. The molecular weight excluding hydrogens is 216 g/mol. The lowest BCUT2D eigenvalue weighted by Crippen LogP contribution is -2.17. The van der Waals surface area contributed by atoms with Crippen LogP contribution in [0.25, 0.3) is 0 Å². The summed E-state index contributed by atoms with van der Waals surface area (Å²) in [5.41, 5.74) is 4.50. The number of thiazole rings is 1. The van der Waals surface area contributed by atoms with Crippen LogP contribution in [0.4, 0.5) is 0 Å². The Kier molecular flexibility index (Phi) is 3.70. The summed E-state index contributed by atoms with van der Waals surface area (Å²) in [6, 6.07) is 9.04. The normalized spacial score (nSPS) is 12.6. The SMILES string of the molecule is Cc1ccc([C@H](C)NCc2cncs2)cc1. The van der Waals surface area contributed by atoms with E-state index in [0.717, 1.165) is 6.54 Å². The van der Waals surface area contributed by atoms with Gasteiger partial charge in [-0.1, -0.05) is 29.8 Å². The van der Waals surface area contributed by atoms with Gasteiger partial charge in [0.15, 0.2) is 0 Å². The van der Waals surface area contributed by atoms with E-state index in [0.29, 0.717) is 6.04 Å². The zero-order valence-electron chi connectivity index (χ0n) is 9.60. The van der Waals surface area contributed by atoms with Crippen molar-refractivity contribution in [2.75, 3.05) is 0 Å².